The Bertz CT molecular complexity index is 1140. The van der Waals surface area contributed by atoms with Crippen LogP contribution in [0.3, 0.4) is 0 Å². The molecule has 7 heteroatoms. The Balaban J connectivity index is 1.48. The molecule has 6 nitrogen and oxygen atoms in total. The van der Waals surface area contributed by atoms with E-state index in [0.717, 1.165) is 54.9 Å². The molecule has 0 saturated carbocycles. The predicted octanol–water partition coefficient (Wildman–Crippen LogP) is 4.80. The third-order valence-corrected chi connectivity index (χ3v) is 7.13. The molecule has 0 aliphatic carbocycles. The number of carbonyl (C=O) groups is 2. The molecular weight excluding hydrogens is 458 g/mol. The number of nitrogens with one attached hydrogen (secondary N) is 1. The third kappa shape index (κ3) is 6.93. The fraction of sp³-hybridized carbons (Fsp3) is 0.357. The van der Waals surface area contributed by atoms with Crippen LogP contribution in [0.2, 0.25) is 0 Å². The number of benzene rings is 2. The van der Waals surface area contributed by atoms with Crippen LogP contribution < -0.4 is 10.1 Å². The van der Waals surface area contributed by atoms with Crippen molar-refractivity contribution in [3.05, 3.63) is 76.7 Å². The van der Waals surface area contributed by atoms with Gasteiger partial charge < -0.3 is 19.9 Å². The highest BCUT2D eigenvalue weighted by Gasteiger charge is 2.22. The maximum Gasteiger partial charge on any atom is 0.265 e. The Morgan fingerprint density at radius 1 is 0.971 bits per heavy atom. The number of piperidine rings is 1. The maximum absolute atomic E-state index is 13.2. The lowest BCUT2D eigenvalue weighted by Gasteiger charge is -2.26. The van der Waals surface area contributed by atoms with Gasteiger partial charge in [-0.25, -0.2) is 0 Å². The second-order valence-corrected chi connectivity index (χ2v) is 10.2. The Hall–Kier alpha value is -3.16. The Morgan fingerprint density at radius 2 is 1.71 bits per heavy atom. The van der Waals surface area contributed by atoms with Crippen molar-refractivity contribution in [2.75, 3.05) is 33.8 Å². The maximum atomic E-state index is 13.2. The number of hydrogen-bond donors (Lipinski definition) is 1. The molecule has 4 rings (SSSR count). The van der Waals surface area contributed by atoms with Crippen LogP contribution in [0.15, 0.2) is 60.7 Å². The van der Waals surface area contributed by atoms with Crippen LogP contribution in [0.25, 0.3) is 10.4 Å². The molecule has 0 radical (unpaired) electrons. The summed E-state index contributed by atoms with van der Waals surface area (Å²) in [4.78, 5) is 31.2. The highest BCUT2D eigenvalue weighted by molar-refractivity contribution is 7.17. The van der Waals surface area contributed by atoms with E-state index in [1.165, 1.54) is 16.9 Å². The van der Waals surface area contributed by atoms with E-state index in [4.69, 9.17) is 4.74 Å². The summed E-state index contributed by atoms with van der Waals surface area (Å²) in [6, 6.07) is 20.0. The van der Waals surface area contributed by atoms with Gasteiger partial charge in [-0.15, -0.1) is 11.3 Å². The molecule has 2 amide bonds. The minimum atomic E-state index is -0.199. The van der Waals surface area contributed by atoms with Gasteiger partial charge in [0.25, 0.3) is 11.8 Å². The largest absolute Gasteiger partial charge is 0.482 e. The first-order valence-electron chi connectivity index (χ1n) is 12.1. The molecule has 1 saturated heterocycles. The number of amides is 2. The van der Waals surface area contributed by atoms with Crippen molar-refractivity contribution < 1.29 is 14.3 Å². The van der Waals surface area contributed by atoms with Crippen molar-refractivity contribution in [1.29, 1.82) is 0 Å². The Labute approximate surface area is 211 Å². The minimum absolute atomic E-state index is 0.0266. The summed E-state index contributed by atoms with van der Waals surface area (Å²) in [5, 5.41) is 3.03. The second-order valence-electron chi connectivity index (χ2n) is 9.14. The number of thiophene rings is 1. The van der Waals surface area contributed by atoms with Crippen molar-refractivity contribution in [3.8, 4) is 16.2 Å². The van der Waals surface area contributed by atoms with Gasteiger partial charge >= 0.3 is 0 Å². The zero-order valence-corrected chi connectivity index (χ0v) is 21.3. The fourth-order valence-corrected chi connectivity index (χ4v) is 5.25. The van der Waals surface area contributed by atoms with Gasteiger partial charge in [-0.1, -0.05) is 54.6 Å². The number of nitrogens with zero attached hydrogens (tertiary/aromatic N) is 2. The van der Waals surface area contributed by atoms with Gasteiger partial charge in [0, 0.05) is 31.1 Å². The molecular formula is C28H33N3O3S. The zero-order chi connectivity index (χ0) is 24.6. The average Bonchev–Trinajstić information content (AvgIpc) is 3.31. The first-order valence-corrected chi connectivity index (χ1v) is 12.9. The third-order valence-electron chi connectivity index (χ3n) is 5.97. The van der Waals surface area contributed by atoms with Gasteiger partial charge in [0.1, 0.15) is 10.6 Å². The first kappa shape index (κ1) is 24.9. The lowest BCUT2D eigenvalue weighted by molar-refractivity contribution is -0.134. The molecule has 1 fully saturated rings. The Morgan fingerprint density at radius 3 is 2.46 bits per heavy atom. The molecule has 0 unspecified atom stereocenters. The van der Waals surface area contributed by atoms with Crippen molar-refractivity contribution in [2.45, 2.75) is 32.4 Å². The number of carbonyl (C=O) groups excluding carboxylic acids is 2. The van der Waals surface area contributed by atoms with E-state index in [9.17, 15) is 9.59 Å². The smallest absolute Gasteiger partial charge is 0.265 e. The minimum Gasteiger partial charge on any atom is -0.482 e. The fourth-order valence-electron chi connectivity index (χ4n) is 4.22. The summed E-state index contributed by atoms with van der Waals surface area (Å²) in [6.07, 6.45) is 3.23. The van der Waals surface area contributed by atoms with Crippen LogP contribution >= 0.6 is 11.3 Å². The normalized spacial score (nSPS) is 13.6. The highest BCUT2D eigenvalue weighted by atomic mass is 32.1. The van der Waals surface area contributed by atoms with Crippen molar-refractivity contribution in [1.82, 2.24) is 15.1 Å². The van der Waals surface area contributed by atoms with E-state index < -0.39 is 0 Å². The summed E-state index contributed by atoms with van der Waals surface area (Å²) in [5.74, 6) is 0.231. The average molecular weight is 492 g/mol. The SMILES string of the molecule is CN(C)Cc1cccc(CNC(=O)c2sc(-c3ccccc3)cc2OCC(=O)N2CCCCC2)c1. The number of hydrogen-bond acceptors (Lipinski definition) is 5. The van der Waals surface area contributed by atoms with Crippen LogP contribution in [0.5, 0.6) is 5.75 Å². The van der Waals surface area contributed by atoms with Gasteiger partial charge in [-0.3, -0.25) is 9.59 Å². The highest BCUT2D eigenvalue weighted by Crippen LogP contribution is 2.36. The number of likely N-dealkylation sites (tertiary alicyclic amines) is 1. The lowest BCUT2D eigenvalue weighted by atomic mass is 10.1. The molecule has 0 atom stereocenters. The molecule has 1 aromatic heterocycles. The molecule has 1 aliphatic rings. The quantitative estimate of drug-likeness (QED) is 0.467. The van der Waals surface area contributed by atoms with E-state index in [-0.39, 0.29) is 18.4 Å². The molecule has 1 aliphatic heterocycles. The monoisotopic (exact) mass is 491 g/mol. The molecule has 1 N–H and O–H groups in total. The van der Waals surface area contributed by atoms with Crippen LogP contribution in [0.1, 0.15) is 40.1 Å². The molecule has 3 aromatic rings. The van der Waals surface area contributed by atoms with Gasteiger partial charge in [-0.05, 0) is 56.1 Å². The topological polar surface area (TPSA) is 61.9 Å². The standard InChI is InChI=1S/C28H33N3O3S/c1-30(2)19-22-11-9-10-21(16-22)18-29-28(33)27-24(17-25(35-27)23-12-5-3-6-13-23)34-20-26(32)31-14-7-4-8-15-31/h3,5-6,9-13,16-17H,4,7-8,14-15,18-20H2,1-2H3,(H,29,33). The lowest BCUT2D eigenvalue weighted by Crippen LogP contribution is -2.38. The summed E-state index contributed by atoms with van der Waals surface area (Å²) in [5.41, 5.74) is 3.25. The van der Waals surface area contributed by atoms with Crippen LogP contribution in [0.4, 0.5) is 0 Å². The summed E-state index contributed by atoms with van der Waals surface area (Å²) in [6.45, 7) is 2.77. The zero-order valence-electron chi connectivity index (χ0n) is 20.5. The predicted molar refractivity (Wildman–Crippen MR) is 141 cm³/mol. The van der Waals surface area contributed by atoms with Crippen LogP contribution in [-0.4, -0.2) is 55.4 Å². The van der Waals surface area contributed by atoms with Gasteiger partial charge in [-0.2, -0.15) is 0 Å². The Kier molecular flexibility index (Phi) is 8.55. The number of ether oxygens (including phenoxy) is 1. The van der Waals surface area contributed by atoms with Gasteiger partial charge in [0.15, 0.2) is 6.61 Å². The molecule has 2 aromatic carbocycles. The molecule has 184 valence electrons. The second kappa shape index (κ2) is 12.0. The van der Waals surface area contributed by atoms with E-state index in [2.05, 4.69) is 22.3 Å². The van der Waals surface area contributed by atoms with Crippen LogP contribution in [0, 0.1) is 0 Å². The van der Waals surface area contributed by atoms with E-state index in [0.29, 0.717) is 17.2 Å². The number of rotatable bonds is 9. The first-order chi connectivity index (χ1) is 17.0. The van der Waals surface area contributed by atoms with Crippen molar-refractivity contribution >= 4 is 23.2 Å². The summed E-state index contributed by atoms with van der Waals surface area (Å²) in [7, 11) is 4.07. The van der Waals surface area contributed by atoms with Gasteiger partial charge in [0.05, 0.1) is 0 Å². The molecule has 35 heavy (non-hydrogen) atoms. The molecule has 0 spiro atoms. The van der Waals surface area contributed by atoms with Crippen LogP contribution in [-0.2, 0) is 17.9 Å². The van der Waals surface area contributed by atoms with E-state index >= 15 is 0 Å². The summed E-state index contributed by atoms with van der Waals surface area (Å²) >= 11 is 1.39. The van der Waals surface area contributed by atoms with E-state index in [1.54, 1.807) is 0 Å². The molecule has 0 bridgehead atoms. The van der Waals surface area contributed by atoms with Crippen molar-refractivity contribution in [2.24, 2.45) is 0 Å². The molecule has 2 heterocycles. The van der Waals surface area contributed by atoms with Gasteiger partial charge in [0.2, 0.25) is 0 Å². The van der Waals surface area contributed by atoms with Crippen molar-refractivity contribution in [3.63, 3.8) is 0 Å². The van der Waals surface area contributed by atoms with E-state index in [1.807, 2.05) is 67.5 Å². The summed E-state index contributed by atoms with van der Waals surface area (Å²) < 4.78 is 5.94.